The Morgan fingerprint density at radius 2 is 0.947 bits per heavy atom. The highest BCUT2D eigenvalue weighted by molar-refractivity contribution is 7.17. The average molecular weight is 526 g/mol. The van der Waals surface area contributed by atoms with E-state index in [4.69, 9.17) is 4.98 Å². The molecule has 0 atom stereocenters. The molecule has 178 valence electrons. The molecule has 0 aliphatic carbocycles. The number of para-hydroxylation sites is 2. The van der Waals surface area contributed by atoms with Crippen LogP contribution in [0, 0.1) is 45.3 Å². The van der Waals surface area contributed by atoms with Gasteiger partial charge in [0.15, 0.2) is 0 Å². The highest BCUT2D eigenvalue weighted by Gasteiger charge is 2.24. The summed E-state index contributed by atoms with van der Waals surface area (Å²) >= 11 is 2.35. The fraction of sp³-hybridized carbons (Fsp3) is 0. The molecule has 38 heavy (non-hydrogen) atoms. The van der Waals surface area contributed by atoms with Crippen LogP contribution < -0.4 is 10.6 Å². The zero-order valence-electron chi connectivity index (χ0n) is 19.6. The molecule has 7 nitrogen and oxygen atoms in total. The van der Waals surface area contributed by atoms with Crippen molar-refractivity contribution in [3.05, 3.63) is 99.7 Å². The van der Waals surface area contributed by atoms with Gasteiger partial charge < -0.3 is 10.6 Å². The molecule has 2 aromatic carbocycles. The second kappa shape index (κ2) is 10.7. The van der Waals surface area contributed by atoms with Gasteiger partial charge in [0.2, 0.25) is 0 Å². The molecule has 3 aromatic heterocycles. The Balaban J connectivity index is 1.62. The van der Waals surface area contributed by atoms with Crippen molar-refractivity contribution in [2.75, 3.05) is 10.6 Å². The zero-order chi connectivity index (χ0) is 26.5. The molecule has 0 bridgehead atoms. The minimum absolute atomic E-state index is 0.304. The summed E-state index contributed by atoms with van der Waals surface area (Å²) in [6.45, 7) is 0. The first kappa shape index (κ1) is 24.3. The van der Waals surface area contributed by atoms with Crippen LogP contribution in [0.1, 0.15) is 20.9 Å². The molecule has 5 rings (SSSR count). The topological polar surface area (TPSA) is 132 Å². The van der Waals surface area contributed by atoms with Gasteiger partial charge >= 0.3 is 0 Å². The molecule has 2 N–H and O–H groups in total. The number of nitriles is 4. The highest BCUT2D eigenvalue weighted by atomic mass is 32.1. The van der Waals surface area contributed by atoms with Gasteiger partial charge in [0.05, 0.1) is 22.5 Å². The molecule has 0 aliphatic rings. The Bertz CT molecular complexity index is 1680. The lowest BCUT2D eigenvalue weighted by atomic mass is 10.0. The van der Waals surface area contributed by atoms with Gasteiger partial charge in [0.25, 0.3) is 0 Å². The van der Waals surface area contributed by atoms with E-state index in [2.05, 4.69) is 34.9 Å². The molecule has 0 unspecified atom stereocenters. The van der Waals surface area contributed by atoms with Gasteiger partial charge in [-0.2, -0.15) is 21.0 Å². The number of pyridine rings is 1. The van der Waals surface area contributed by atoms with Gasteiger partial charge in [-0.3, -0.25) is 0 Å². The molecule has 0 saturated heterocycles. The molecule has 0 fully saturated rings. The van der Waals surface area contributed by atoms with Crippen LogP contribution in [0.2, 0.25) is 0 Å². The van der Waals surface area contributed by atoms with Gasteiger partial charge in [0, 0.05) is 22.5 Å². The molecule has 0 amide bonds. The Hall–Kier alpha value is -5.45. The van der Waals surface area contributed by atoms with Crippen molar-refractivity contribution in [1.82, 2.24) is 4.98 Å². The normalized spacial score (nSPS) is 10.0. The van der Waals surface area contributed by atoms with Crippen molar-refractivity contribution in [2.45, 2.75) is 0 Å². The monoisotopic (exact) mass is 525 g/mol. The van der Waals surface area contributed by atoms with Crippen molar-refractivity contribution in [3.8, 4) is 46.8 Å². The largest absolute Gasteiger partial charge is 0.346 e. The number of anilines is 4. The summed E-state index contributed by atoms with van der Waals surface area (Å²) in [4.78, 5) is 5.41. The number of nitrogens with zero attached hydrogens (tertiary/aromatic N) is 5. The number of aromatic nitrogens is 1. The molecule has 0 saturated carbocycles. The Labute approximate surface area is 226 Å². The molecule has 0 spiro atoms. The Morgan fingerprint density at radius 1 is 0.526 bits per heavy atom. The third kappa shape index (κ3) is 4.55. The Kier molecular flexibility index (Phi) is 6.81. The summed E-state index contributed by atoms with van der Waals surface area (Å²) in [5.74, 6) is 0. The highest BCUT2D eigenvalue weighted by Crippen LogP contribution is 2.43. The number of hydrogen-bond donors (Lipinski definition) is 2. The number of nitrogens with one attached hydrogen (secondary N) is 2. The average Bonchev–Trinajstić information content (AvgIpc) is 3.51. The van der Waals surface area contributed by atoms with Gasteiger partial charge in [-0.25, -0.2) is 4.98 Å². The predicted molar refractivity (Wildman–Crippen MR) is 149 cm³/mol. The SMILES string of the molecule is N#Cc1sc(Nc2ccccc2)c(C#N)c1-c1cccc(-c2c(C#N)sc(Nc3ccccc3)c2C#N)n1. The quantitative estimate of drug-likeness (QED) is 0.234. The lowest BCUT2D eigenvalue weighted by Gasteiger charge is -2.07. The number of rotatable bonds is 6. The minimum Gasteiger partial charge on any atom is -0.346 e. The Morgan fingerprint density at radius 3 is 1.32 bits per heavy atom. The lowest BCUT2D eigenvalue weighted by molar-refractivity contribution is 1.31. The number of hydrogen-bond acceptors (Lipinski definition) is 9. The third-order valence-electron chi connectivity index (χ3n) is 5.57. The van der Waals surface area contributed by atoms with Crippen molar-refractivity contribution in [3.63, 3.8) is 0 Å². The lowest BCUT2D eigenvalue weighted by Crippen LogP contribution is -1.94. The van der Waals surface area contributed by atoms with Crippen molar-refractivity contribution in [2.24, 2.45) is 0 Å². The smallest absolute Gasteiger partial charge is 0.117 e. The summed E-state index contributed by atoms with van der Waals surface area (Å²) < 4.78 is 0. The molecular weight excluding hydrogens is 511 g/mol. The van der Waals surface area contributed by atoms with Crippen LogP contribution in [0.15, 0.2) is 78.9 Å². The van der Waals surface area contributed by atoms with Gasteiger partial charge in [0.1, 0.15) is 44.0 Å². The summed E-state index contributed by atoms with van der Waals surface area (Å²) in [6.07, 6.45) is 0. The first-order valence-corrected chi connectivity index (χ1v) is 12.9. The van der Waals surface area contributed by atoms with Crippen molar-refractivity contribution < 1.29 is 0 Å². The summed E-state index contributed by atoms with van der Waals surface area (Å²) in [6, 6.07) is 32.7. The van der Waals surface area contributed by atoms with Crippen LogP contribution in [0.4, 0.5) is 21.4 Å². The fourth-order valence-corrected chi connectivity index (χ4v) is 5.87. The molecular formula is C29H15N7S2. The van der Waals surface area contributed by atoms with Crippen LogP contribution >= 0.6 is 22.7 Å². The first-order valence-electron chi connectivity index (χ1n) is 11.2. The van der Waals surface area contributed by atoms with E-state index < -0.39 is 0 Å². The fourth-order valence-electron chi connectivity index (χ4n) is 3.92. The van der Waals surface area contributed by atoms with Crippen LogP contribution in [0.5, 0.6) is 0 Å². The minimum atomic E-state index is 0.304. The third-order valence-corrected chi connectivity index (χ3v) is 7.59. The van der Waals surface area contributed by atoms with Crippen LogP contribution in [0.25, 0.3) is 22.5 Å². The van der Waals surface area contributed by atoms with E-state index in [0.29, 0.717) is 53.4 Å². The van der Waals surface area contributed by atoms with Gasteiger partial charge in [-0.05, 0) is 36.4 Å². The van der Waals surface area contributed by atoms with Crippen LogP contribution in [0.3, 0.4) is 0 Å². The first-order chi connectivity index (χ1) is 18.7. The maximum absolute atomic E-state index is 10.0. The van der Waals surface area contributed by atoms with E-state index in [9.17, 15) is 21.0 Å². The summed E-state index contributed by atoms with van der Waals surface area (Å²) in [7, 11) is 0. The molecule has 9 heteroatoms. The number of thiophene rings is 2. The van der Waals surface area contributed by atoms with Crippen molar-refractivity contribution >= 4 is 44.1 Å². The van der Waals surface area contributed by atoms with E-state index in [1.165, 1.54) is 22.7 Å². The van der Waals surface area contributed by atoms with E-state index >= 15 is 0 Å². The summed E-state index contributed by atoms with van der Waals surface area (Å²) in [5.41, 5.74) is 3.82. The predicted octanol–water partition coefficient (Wildman–Crippen LogP) is 7.51. The van der Waals surface area contributed by atoms with Crippen LogP contribution in [-0.2, 0) is 0 Å². The maximum Gasteiger partial charge on any atom is 0.117 e. The zero-order valence-corrected chi connectivity index (χ0v) is 21.2. The van der Waals surface area contributed by atoms with E-state index in [-0.39, 0.29) is 0 Å². The van der Waals surface area contributed by atoms with E-state index in [1.807, 2.05) is 60.7 Å². The van der Waals surface area contributed by atoms with E-state index in [1.54, 1.807) is 18.2 Å². The van der Waals surface area contributed by atoms with Gasteiger partial charge in [-0.1, -0.05) is 42.5 Å². The van der Waals surface area contributed by atoms with Crippen molar-refractivity contribution in [1.29, 1.82) is 21.0 Å². The second-order valence-electron chi connectivity index (χ2n) is 7.86. The van der Waals surface area contributed by atoms with Crippen LogP contribution in [-0.4, -0.2) is 4.98 Å². The van der Waals surface area contributed by atoms with E-state index in [0.717, 1.165) is 11.4 Å². The van der Waals surface area contributed by atoms with Gasteiger partial charge in [-0.15, -0.1) is 22.7 Å². The number of benzene rings is 2. The standard InChI is InChI=1S/C29H15N7S2/c30-14-20-26(24(16-32)37-28(20)34-18-8-3-1-4-9-18)22-12-7-13-23(36-22)27-21(15-31)29(38-25(27)17-33)35-19-10-5-2-6-11-19/h1-13,34-35H. The molecule has 3 heterocycles. The maximum atomic E-state index is 10.0. The molecule has 5 aromatic rings. The summed E-state index contributed by atoms with van der Waals surface area (Å²) in [5, 5.41) is 47.3. The second-order valence-corrected chi connectivity index (χ2v) is 9.90. The molecule has 0 radical (unpaired) electrons. The molecule has 0 aliphatic heterocycles.